The van der Waals surface area contributed by atoms with Crippen molar-refractivity contribution in [2.24, 2.45) is 5.92 Å². The van der Waals surface area contributed by atoms with E-state index in [-0.39, 0.29) is 42.3 Å². The number of ether oxygens (including phenoxy) is 2. The number of aromatic nitrogens is 3. The van der Waals surface area contributed by atoms with E-state index in [1.807, 2.05) is 38.2 Å². The fourth-order valence-corrected chi connectivity index (χ4v) is 9.98. The molecule has 240 valence electrons. The summed E-state index contributed by atoms with van der Waals surface area (Å²) in [7, 11) is -1.49. The second-order valence-corrected chi connectivity index (χ2v) is 16.8. The molecule has 1 spiro atoms. The Morgan fingerprint density at radius 1 is 1.20 bits per heavy atom. The van der Waals surface area contributed by atoms with Crippen LogP contribution in [0.15, 0.2) is 24.4 Å². The van der Waals surface area contributed by atoms with E-state index in [1.54, 1.807) is 20.7 Å². The maximum absolute atomic E-state index is 14.6. The zero-order valence-corrected chi connectivity index (χ0v) is 27.2. The molecule has 0 unspecified atom stereocenters. The molecule has 5 rings (SSSR count). The number of anilines is 2. The van der Waals surface area contributed by atoms with E-state index in [0.29, 0.717) is 57.4 Å². The van der Waals surface area contributed by atoms with Gasteiger partial charge in [0.15, 0.2) is 13.9 Å². The maximum atomic E-state index is 14.6. The summed E-state index contributed by atoms with van der Waals surface area (Å²) >= 11 is 0. The number of carbonyl (C=O) groups is 3. The van der Waals surface area contributed by atoms with Crippen molar-refractivity contribution in [2.75, 3.05) is 36.6 Å². The van der Waals surface area contributed by atoms with Crippen LogP contribution < -0.4 is 9.80 Å². The smallest absolute Gasteiger partial charge is 0.305 e. The van der Waals surface area contributed by atoms with Gasteiger partial charge < -0.3 is 29.2 Å². The molecule has 4 atom stereocenters. The van der Waals surface area contributed by atoms with Crippen molar-refractivity contribution in [3.05, 3.63) is 35.7 Å². The van der Waals surface area contributed by atoms with Crippen LogP contribution in [-0.4, -0.2) is 83.9 Å². The molecule has 0 bridgehead atoms. The van der Waals surface area contributed by atoms with Gasteiger partial charge in [0.1, 0.15) is 0 Å². The van der Waals surface area contributed by atoms with Gasteiger partial charge in [0.25, 0.3) is 5.91 Å². The largest absolute Gasteiger partial charge is 0.469 e. The highest BCUT2D eigenvalue weighted by Crippen LogP contribution is 2.60. The van der Waals surface area contributed by atoms with Crippen LogP contribution >= 0.6 is 0 Å². The Bertz CT molecular complexity index is 1380. The van der Waals surface area contributed by atoms with Gasteiger partial charge in [0.05, 0.1) is 24.6 Å². The van der Waals surface area contributed by atoms with Crippen LogP contribution in [0, 0.1) is 5.92 Å². The SMILES string of the molecule is COC(=O)CCCCN1C(=O)[C@]2(O[C@H](CCn3cc(CCO)nn3)[C@@H]([Si](C)(C)O)[C@@H]2C)c2cc(N3CCCCC3=O)ccc21. The number of rotatable bonds is 12. The summed E-state index contributed by atoms with van der Waals surface area (Å²) in [5.41, 5.74) is 1.35. The molecule has 13 heteroatoms. The summed E-state index contributed by atoms with van der Waals surface area (Å²) in [4.78, 5) is 54.3. The lowest BCUT2D eigenvalue weighted by Crippen LogP contribution is -2.46. The molecule has 2 aromatic rings. The summed E-state index contributed by atoms with van der Waals surface area (Å²) in [5, 5.41) is 17.6. The number of aliphatic hydroxyl groups is 1. The molecule has 2 N–H and O–H groups in total. The molecule has 2 amide bonds. The zero-order chi connectivity index (χ0) is 31.6. The van der Waals surface area contributed by atoms with Gasteiger partial charge in [-0.15, -0.1) is 5.10 Å². The van der Waals surface area contributed by atoms with Crippen molar-refractivity contribution in [2.45, 2.75) is 95.2 Å². The number of hydrogen-bond acceptors (Lipinski definition) is 9. The molecule has 2 saturated heterocycles. The van der Waals surface area contributed by atoms with Gasteiger partial charge in [-0.05, 0) is 63.4 Å². The summed E-state index contributed by atoms with van der Waals surface area (Å²) in [6.45, 7) is 7.30. The number of benzene rings is 1. The van der Waals surface area contributed by atoms with Crippen molar-refractivity contribution in [1.29, 1.82) is 0 Å². The fourth-order valence-electron chi connectivity index (χ4n) is 7.38. The third-order valence-electron chi connectivity index (χ3n) is 9.44. The molecular weight excluding hydrogens is 582 g/mol. The van der Waals surface area contributed by atoms with Gasteiger partial charge >= 0.3 is 5.97 Å². The van der Waals surface area contributed by atoms with Crippen LogP contribution in [0.1, 0.15) is 63.1 Å². The van der Waals surface area contributed by atoms with Crippen molar-refractivity contribution in [1.82, 2.24) is 15.0 Å². The number of esters is 1. The lowest BCUT2D eigenvalue weighted by molar-refractivity contribution is -0.146. The highest BCUT2D eigenvalue weighted by molar-refractivity contribution is 6.71. The summed E-state index contributed by atoms with van der Waals surface area (Å²) in [5.74, 6) is -0.715. The van der Waals surface area contributed by atoms with Gasteiger partial charge in [-0.25, -0.2) is 0 Å². The van der Waals surface area contributed by atoms with E-state index in [2.05, 4.69) is 10.3 Å². The van der Waals surface area contributed by atoms with Gasteiger partial charge in [0, 0.05) is 74.4 Å². The Kier molecular flexibility index (Phi) is 9.59. The Morgan fingerprint density at radius 2 is 2.00 bits per heavy atom. The first-order valence-corrected chi connectivity index (χ1v) is 18.8. The van der Waals surface area contributed by atoms with Gasteiger partial charge in [-0.2, -0.15) is 0 Å². The number of fused-ring (bicyclic) bond motifs is 2. The summed E-state index contributed by atoms with van der Waals surface area (Å²) in [6.07, 6.45) is 6.06. The van der Waals surface area contributed by atoms with Gasteiger partial charge in [0.2, 0.25) is 5.91 Å². The molecule has 0 radical (unpaired) electrons. The summed E-state index contributed by atoms with van der Waals surface area (Å²) in [6, 6.07) is 5.77. The highest BCUT2D eigenvalue weighted by Gasteiger charge is 2.66. The molecule has 2 fully saturated rings. The number of nitrogens with zero attached hydrogens (tertiary/aromatic N) is 5. The number of hydrogen-bond donors (Lipinski definition) is 2. The number of carbonyl (C=O) groups excluding carboxylic acids is 3. The average Bonchev–Trinajstić information content (AvgIpc) is 3.63. The molecule has 0 aliphatic carbocycles. The average molecular weight is 628 g/mol. The molecule has 1 aromatic carbocycles. The van der Waals surface area contributed by atoms with Crippen molar-refractivity contribution in [3.63, 3.8) is 0 Å². The lowest BCUT2D eigenvalue weighted by Gasteiger charge is -2.33. The van der Waals surface area contributed by atoms with Crippen LogP contribution in [0.3, 0.4) is 0 Å². The minimum atomic E-state index is -2.86. The van der Waals surface area contributed by atoms with E-state index in [4.69, 9.17) is 9.47 Å². The highest BCUT2D eigenvalue weighted by atomic mass is 28.4. The normalized spacial score (nSPS) is 25.3. The summed E-state index contributed by atoms with van der Waals surface area (Å²) < 4.78 is 13.4. The molecular formula is C31H45N5O7Si. The monoisotopic (exact) mass is 627 g/mol. The number of piperidine rings is 1. The quantitative estimate of drug-likeness (QED) is 0.206. The Hall–Kier alpha value is -3.13. The van der Waals surface area contributed by atoms with Gasteiger partial charge in [-0.1, -0.05) is 12.1 Å². The minimum absolute atomic E-state index is 0.0113. The third kappa shape index (κ3) is 6.06. The second-order valence-electron chi connectivity index (χ2n) is 12.8. The van der Waals surface area contributed by atoms with Crippen LogP contribution in [-0.2, 0) is 42.4 Å². The van der Waals surface area contributed by atoms with Crippen molar-refractivity contribution < 1.29 is 33.8 Å². The zero-order valence-electron chi connectivity index (χ0n) is 26.2. The van der Waals surface area contributed by atoms with Crippen LogP contribution in [0.4, 0.5) is 11.4 Å². The molecule has 0 saturated carbocycles. The van der Waals surface area contributed by atoms with E-state index < -0.39 is 20.0 Å². The number of aliphatic hydroxyl groups excluding tert-OH is 1. The van der Waals surface area contributed by atoms with E-state index in [1.165, 1.54) is 7.11 Å². The topological polar surface area (TPSA) is 147 Å². The fraction of sp³-hybridized carbons (Fsp3) is 0.645. The van der Waals surface area contributed by atoms with E-state index in [9.17, 15) is 24.3 Å². The maximum Gasteiger partial charge on any atom is 0.305 e. The predicted molar refractivity (Wildman–Crippen MR) is 165 cm³/mol. The van der Waals surface area contributed by atoms with Crippen LogP contribution in [0.25, 0.3) is 0 Å². The second kappa shape index (κ2) is 13.1. The first kappa shape index (κ1) is 32.3. The standard InChI is InChI=1S/C31H45N5O7Si/c1-21-29(44(3,4)41)26(13-17-34-20-22(14-18-37)32-33-34)43-31(21)24-19-23(35-15-7-5-9-27(35)38)11-12-25(24)36(30(31)40)16-8-6-10-28(39)42-2/h11-12,19-21,26,29,37,41H,5-10,13-18H2,1-4H3/t21-,26+,29-,31+/m0/s1. The molecule has 4 heterocycles. The Labute approximate surface area is 259 Å². The van der Waals surface area contributed by atoms with Crippen molar-refractivity contribution in [3.8, 4) is 0 Å². The molecule has 1 aromatic heterocycles. The predicted octanol–water partition coefficient (Wildman–Crippen LogP) is 2.91. The molecule has 12 nitrogen and oxygen atoms in total. The van der Waals surface area contributed by atoms with E-state index >= 15 is 0 Å². The number of unbranched alkanes of at least 4 members (excludes halogenated alkanes) is 1. The lowest BCUT2D eigenvalue weighted by atomic mass is 9.82. The first-order chi connectivity index (χ1) is 21.0. The minimum Gasteiger partial charge on any atom is -0.469 e. The molecule has 3 aliphatic rings. The Balaban J connectivity index is 1.49. The number of aryl methyl sites for hydroxylation is 1. The Morgan fingerprint density at radius 3 is 2.70 bits per heavy atom. The van der Waals surface area contributed by atoms with E-state index in [0.717, 1.165) is 29.8 Å². The number of amides is 2. The van der Waals surface area contributed by atoms with Crippen molar-refractivity contribution >= 4 is 37.5 Å². The van der Waals surface area contributed by atoms with Crippen LogP contribution in [0.5, 0.6) is 0 Å². The number of methoxy groups -OCH3 is 1. The van der Waals surface area contributed by atoms with Gasteiger partial charge in [-0.3, -0.25) is 19.1 Å². The molecule has 44 heavy (non-hydrogen) atoms. The molecule has 3 aliphatic heterocycles. The van der Waals surface area contributed by atoms with Crippen LogP contribution in [0.2, 0.25) is 18.6 Å². The third-order valence-corrected chi connectivity index (χ3v) is 11.9. The first-order valence-electron chi connectivity index (χ1n) is 15.7.